The van der Waals surface area contributed by atoms with E-state index in [4.69, 9.17) is 29.0 Å². The first-order valence-electron chi connectivity index (χ1n) is 27.3. The Balaban J connectivity index is 0.810. The van der Waals surface area contributed by atoms with Crippen molar-refractivity contribution in [1.29, 1.82) is 0 Å². The molecule has 2 saturated heterocycles. The highest BCUT2D eigenvalue weighted by molar-refractivity contribution is 7.07. The van der Waals surface area contributed by atoms with Gasteiger partial charge in [0.05, 0.1) is 32.0 Å². The average Bonchev–Trinajstić information content (AvgIpc) is 3.17. The number of aliphatic hydroxyl groups excluding tert-OH is 3. The van der Waals surface area contributed by atoms with E-state index in [9.17, 15) is 19.7 Å². The fraction of sp³-hybridized carbons (Fsp3) is 0.258. The second-order valence-electron chi connectivity index (χ2n) is 22.1. The lowest BCUT2D eigenvalue weighted by molar-refractivity contribution is -0.0479. The normalized spacial score (nSPS) is 21.0. The molecule has 82 heavy (non-hydrogen) atoms. The summed E-state index contributed by atoms with van der Waals surface area (Å²) in [6.45, 7) is 7.18. The Morgan fingerprint density at radius 2 is 1.16 bits per heavy atom. The van der Waals surface area contributed by atoms with Crippen molar-refractivity contribution in [3.05, 3.63) is 200 Å². The van der Waals surface area contributed by atoms with Crippen LogP contribution in [0, 0.1) is 5.82 Å². The summed E-state index contributed by atoms with van der Waals surface area (Å²) < 4.78 is 45.2. The summed E-state index contributed by atoms with van der Waals surface area (Å²) in [5, 5.41) is 39.4. The minimum absolute atomic E-state index is 0.0373. The topological polar surface area (TPSA) is 214 Å². The first-order chi connectivity index (χ1) is 39.7. The smallest absolute Gasteiger partial charge is 0.288 e. The van der Waals surface area contributed by atoms with Crippen molar-refractivity contribution < 1.29 is 38.0 Å². The van der Waals surface area contributed by atoms with Crippen LogP contribution in [0.4, 0.5) is 16.0 Å². The van der Waals surface area contributed by atoms with Crippen LogP contribution in [-0.2, 0) is 24.9 Å². The van der Waals surface area contributed by atoms with Gasteiger partial charge in [-0.25, -0.2) is 34.3 Å². The molecular formula is C62H63FN10O7Si2. The lowest BCUT2D eigenvalue weighted by Crippen LogP contribution is -2.70. The molecule has 418 valence electrons. The van der Waals surface area contributed by atoms with Gasteiger partial charge >= 0.3 is 0 Å². The van der Waals surface area contributed by atoms with Crippen LogP contribution in [0.5, 0.6) is 0 Å². The number of nitrogens with zero attached hydrogens (tertiary/aromatic N) is 9. The minimum Gasteiger partial charge on any atom is -0.405 e. The maximum atomic E-state index is 14.1. The molecule has 0 amide bonds. The molecule has 0 aliphatic carbocycles. The number of anilines is 2. The number of aliphatic hydroxyl groups is 3. The van der Waals surface area contributed by atoms with Crippen LogP contribution in [0.2, 0.25) is 5.04 Å². The van der Waals surface area contributed by atoms with Crippen LogP contribution >= 0.6 is 0 Å². The summed E-state index contributed by atoms with van der Waals surface area (Å²) in [7, 11) is -4.65. The second-order valence-corrected chi connectivity index (χ2v) is 29.7. The summed E-state index contributed by atoms with van der Waals surface area (Å²) in [5.41, 5.74) is 10.7. The fourth-order valence-corrected chi connectivity index (χ4v) is 20.3. The van der Waals surface area contributed by atoms with Crippen molar-refractivity contribution in [2.45, 2.75) is 81.8 Å². The molecule has 5 N–H and O–H groups in total. The van der Waals surface area contributed by atoms with Crippen LogP contribution in [-0.4, -0.2) is 122 Å². The van der Waals surface area contributed by atoms with E-state index < -0.39 is 59.6 Å². The van der Waals surface area contributed by atoms with Crippen molar-refractivity contribution >= 4 is 76.5 Å². The van der Waals surface area contributed by atoms with E-state index in [-0.39, 0.29) is 29.9 Å². The van der Waals surface area contributed by atoms with Crippen LogP contribution in [0.1, 0.15) is 45.2 Å². The highest BCUT2D eigenvalue weighted by Crippen LogP contribution is 2.40. The molecule has 10 aromatic rings. The van der Waals surface area contributed by atoms with Crippen LogP contribution in [0.3, 0.4) is 0 Å². The number of fused-ring (bicyclic) bond motifs is 2. The van der Waals surface area contributed by atoms with E-state index in [0.29, 0.717) is 41.1 Å². The van der Waals surface area contributed by atoms with Crippen molar-refractivity contribution in [1.82, 2.24) is 39.0 Å². The van der Waals surface area contributed by atoms with E-state index in [1.54, 1.807) is 17.0 Å². The van der Waals surface area contributed by atoms with Crippen LogP contribution in [0.15, 0.2) is 189 Å². The molecular weight excluding hydrogens is 1070 g/mol. The van der Waals surface area contributed by atoms with Crippen molar-refractivity contribution in [2.24, 2.45) is 0 Å². The minimum atomic E-state index is -3.37. The summed E-state index contributed by atoms with van der Waals surface area (Å²) >= 11 is 0. The number of ether oxygens (including phenoxy) is 2. The highest BCUT2D eigenvalue weighted by Gasteiger charge is 2.52. The summed E-state index contributed by atoms with van der Waals surface area (Å²) in [5.74, 6) is 0.482. The number of aromatic nitrogens is 8. The summed E-state index contributed by atoms with van der Waals surface area (Å²) in [4.78, 5) is 28.5. The molecule has 20 heteroatoms. The number of rotatable bonds is 17. The number of benzene rings is 6. The third kappa shape index (κ3) is 9.98. The molecule has 0 radical (unpaired) electrons. The molecule has 8 atom stereocenters. The maximum Gasteiger partial charge on any atom is 0.288 e. The zero-order valence-electron chi connectivity index (χ0n) is 45.7. The summed E-state index contributed by atoms with van der Waals surface area (Å²) in [6.07, 6.45) is -0.321. The molecule has 4 aromatic heterocycles. The van der Waals surface area contributed by atoms with Gasteiger partial charge in [0.25, 0.3) is 16.6 Å². The van der Waals surface area contributed by atoms with Crippen molar-refractivity contribution in [2.75, 3.05) is 30.9 Å². The lowest BCUT2D eigenvalue weighted by atomic mass is 10.1. The van der Waals surface area contributed by atoms with Gasteiger partial charge in [-0.1, -0.05) is 172 Å². The maximum absolute atomic E-state index is 14.1. The third-order valence-electron chi connectivity index (χ3n) is 16.0. The molecule has 17 nitrogen and oxygen atoms in total. The fourth-order valence-electron chi connectivity index (χ4n) is 11.9. The molecule has 6 heterocycles. The van der Waals surface area contributed by atoms with Gasteiger partial charge in [0.2, 0.25) is 0 Å². The van der Waals surface area contributed by atoms with Gasteiger partial charge in [-0.05, 0) is 59.8 Å². The Hall–Kier alpha value is -7.90. The largest absolute Gasteiger partial charge is 0.405 e. The molecule has 2 unspecified atom stereocenters. The summed E-state index contributed by atoms with van der Waals surface area (Å²) in [6, 6.07) is 54.4. The van der Waals surface area contributed by atoms with Gasteiger partial charge in [0, 0.05) is 20.0 Å². The Bertz CT molecular complexity index is 3790. The first kappa shape index (κ1) is 54.7. The predicted octanol–water partition coefficient (Wildman–Crippen LogP) is 5.52. The number of imidazole rings is 2. The number of hydrogen-bond donors (Lipinski definition) is 4. The average molecular weight is 1140 g/mol. The van der Waals surface area contributed by atoms with E-state index in [0.717, 1.165) is 42.6 Å². The van der Waals surface area contributed by atoms with Gasteiger partial charge in [-0.3, -0.25) is 9.13 Å². The van der Waals surface area contributed by atoms with Crippen molar-refractivity contribution in [3.8, 4) is 11.1 Å². The second kappa shape index (κ2) is 22.5. The van der Waals surface area contributed by atoms with Crippen LogP contribution < -0.4 is 36.6 Å². The third-order valence-corrected chi connectivity index (χ3v) is 25.0. The molecule has 2 aliphatic rings. The molecule has 2 fully saturated rings. The van der Waals surface area contributed by atoms with Gasteiger partial charge in [-0.2, -0.15) is 0 Å². The number of hydrogen-bond acceptors (Lipinski definition) is 15. The van der Waals surface area contributed by atoms with Gasteiger partial charge in [-0.15, -0.1) is 0 Å². The molecule has 12 rings (SSSR count). The Morgan fingerprint density at radius 1 is 0.610 bits per heavy atom. The predicted molar refractivity (Wildman–Crippen MR) is 317 cm³/mol. The molecule has 0 spiro atoms. The quantitative estimate of drug-likeness (QED) is 0.0653. The van der Waals surface area contributed by atoms with Gasteiger partial charge in [0.15, 0.2) is 34.7 Å². The molecule has 2 aliphatic heterocycles. The van der Waals surface area contributed by atoms with E-state index in [1.807, 2.05) is 77.2 Å². The Kier molecular flexibility index (Phi) is 15.0. The van der Waals surface area contributed by atoms with Crippen LogP contribution in [0.25, 0.3) is 33.5 Å². The Morgan fingerprint density at radius 3 is 1.79 bits per heavy atom. The first-order valence-corrected chi connectivity index (χ1v) is 31.1. The standard InChI is InChI=1S/C62H63FN10O7Si2/c1-62(2,3)82(47-21-12-7-13-22-47,78-34-50-49(74)32-52(79-50)72-38-70-54-58(66-37-68-60(54)72)71(4)33-40-15-14-16-43(63)31-40)48-29-25-42(26-30-48)41-23-27-46(28-24-41)81(44-17-8-5-9-18-44,45-19-10-6-11-20-45)77-35-51-55(75)56(76)61(80-51)73-39-69-53-57(64)65-36-67-59(53)73/h5-31,36-39,49-52,55-56,61,74-76H,32-35H2,1-4H3,(H2,64,65,67)/t49-,50+,51+,52+,55+,56?,61+,82?/m0/s1. The van der Waals surface area contributed by atoms with E-state index in [2.05, 4.69) is 131 Å². The van der Waals surface area contributed by atoms with E-state index in [1.165, 1.54) is 31.1 Å². The highest BCUT2D eigenvalue weighted by atomic mass is 28.4. The zero-order valence-corrected chi connectivity index (χ0v) is 47.7. The number of nitrogens with two attached hydrogens (primary N) is 1. The monoisotopic (exact) mass is 1130 g/mol. The molecule has 6 aromatic carbocycles. The lowest BCUT2D eigenvalue weighted by Gasteiger charge is -2.43. The van der Waals surface area contributed by atoms with E-state index >= 15 is 0 Å². The Labute approximate surface area is 475 Å². The van der Waals surface area contributed by atoms with Crippen molar-refractivity contribution in [3.63, 3.8) is 0 Å². The zero-order chi connectivity index (χ0) is 56.8. The SMILES string of the molecule is CN(Cc1cccc(F)c1)c1ncnc2c1ncn2[C@H]1C[C@H](O)[C@@H](CO[Si](c2ccccc2)(c2ccc(-c3ccc([Si](OC[C@H]4O[C@@H](n5cnc6c(N)ncnc65)C(O)[C@@H]4O)(c4ccccc4)c4ccccc4)cc3)cc2)C(C)(C)C)O1. The van der Waals surface area contributed by atoms with Gasteiger partial charge in [0.1, 0.15) is 54.6 Å². The molecule has 0 saturated carbocycles. The number of halogens is 1. The van der Waals surface area contributed by atoms with Gasteiger partial charge < -0.3 is 44.3 Å². The molecule has 0 bridgehead atoms. The number of nitrogen functional groups attached to an aromatic ring is 1.